The first-order valence-electron chi connectivity index (χ1n) is 5.34. The minimum Gasteiger partial charge on any atom is -0.382 e. The van der Waals surface area contributed by atoms with Gasteiger partial charge in [-0.25, -0.2) is 0 Å². The summed E-state index contributed by atoms with van der Waals surface area (Å²) in [5.41, 5.74) is 5.17. The number of alkyl halides is 3. The van der Waals surface area contributed by atoms with Crippen molar-refractivity contribution in [3.05, 3.63) is 17.8 Å². The summed E-state index contributed by atoms with van der Waals surface area (Å²) in [6.07, 6.45) is -3.24. The third-order valence-corrected chi connectivity index (χ3v) is 2.50. The first-order valence-corrected chi connectivity index (χ1v) is 5.34. The lowest BCUT2D eigenvalue weighted by molar-refractivity contribution is -0.141. The Morgan fingerprint density at radius 2 is 2.06 bits per heavy atom. The van der Waals surface area contributed by atoms with Gasteiger partial charge in [-0.2, -0.15) is 13.2 Å². The summed E-state index contributed by atoms with van der Waals surface area (Å²) in [5, 5.41) is 6.96. The van der Waals surface area contributed by atoms with Gasteiger partial charge in [-0.05, 0) is 25.0 Å². The van der Waals surface area contributed by atoms with Crippen LogP contribution in [0.4, 0.5) is 19.0 Å². The average Bonchev–Trinajstić information content (AvgIpc) is 3.08. The highest BCUT2D eigenvalue weighted by Crippen LogP contribution is 2.31. The second kappa shape index (κ2) is 4.43. The highest BCUT2D eigenvalue weighted by atomic mass is 19.4. The zero-order valence-corrected chi connectivity index (χ0v) is 9.31. The first-order chi connectivity index (χ1) is 8.37. The topological polar surface area (TPSA) is 72.1 Å². The molecule has 18 heavy (non-hydrogen) atoms. The van der Waals surface area contributed by atoms with Crippen LogP contribution in [0.25, 0.3) is 0 Å². The maximum atomic E-state index is 12.4. The molecule has 8 heteroatoms. The van der Waals surface area contributed by atoms with Crippen LogP contribution >= 0.6 is 0 Å². The second-order valence-corrected chi connectivity index (χ2v) is 4.12. The van der Waals surface area contributed by atoms with Gasteiger partial charge >= 0.3 is 6.18 Å². The molecular formula is C10H11F3N4O. The zero-order valence-electron chi connectivity index (χ0n) is 9.31. The largest absolute Gasteiger partial charge is 0.406 e. The molecule has 0 atom stereocenters. The van der Waals surface area contributed by atoms with Crippen molar-refractivity contribution in [1.29, 1.82) is 0 Å². The molecule has 5 nitrogen and oxygen atoms in total. The predicted octanol–water partition coefficient (Wildman–Crippen LogP) is 1.23. The summed E-state index contributed by atoms with van der Waals surface area (Å²) in [7, 11) is 0. The number of hydrogen-bond acceptors (Lipinski definition) is 4. The maximum Gasteiger partial charge on any atom is 0.406 e. The lowest BCUT2D eigenvalue weighted by Crippen LogP contribution is -2.40. The number of nitrogen functional groups attached to an aromatic ring is 1. The van der Waals surface area contributed by atoms with Crippen LogP contribution in [-0.2, 0) is 0 Å². The Balaban J connectivity index is 2.15. The van der Waals surface area contributed by atoms with Crippen LogP contribution in [0.15, 0.2) is 12.1 Å². The van der Waals surface area contributed by atoms with E-state index in [0.717, 1.165) is 4.90 Å². The van der Waals surface area contributed by atoms with E-state index in [1.807, 2.05) is 0 Å². The van der Waals surface area contributed by atoms with E-state index in [4.69, 9.17) is 5.73 Å². The highest BCUT2D eigenvalue weighted by molar-refractivity contribution is 5.92. The minimum atomic E-state index is -4.42. The Hall–Kier alpha value is -1.86. The average molecular weight is 260 g/mol. The quantitative estimate of drug-likeness (QED) is 0.887. The number of anilines is 1. The summed E-state index contributed by atoms with van der Waals surface area (Å²) < 4.78 is 37.2. The standard InChI is InChI=1S/C10H11F3N4O/c11-10(12,13)5-17(6-1-2-6)9(18)7-3-4-8(14)16-15-7/h3-4,6H,1-2,5H2,(H2,14,16). The molecule has 0 aliphatic heterocycles. The fourth-order valence-corrected chi connectivity index (χ4v) is 1.55. The van der Waals surface area contributed by atoms with Crippen molar-refractivity contribution in [2.75, 3.05) is 12.3 Å². The van der Waals surface area contributed by atoms with Crippen LogP contribution in [0.5, 0.6) is 0 Å². The fourth-order valence-electron chi connectivity index (χ4n) is 1.55. The number of hydrogen-bond donors (Lipinski definition) is 1. The molecule has 0 unspecified atom stereocenters. The number of nitrogens with zero attached hydrogens (tertiary/aromatic N) is 3. The van der Waals surface area contributed by atoms with E-state index >= 15 is 0 Å². The third-order valence-electron chi connectivity index (χ3n) is 2.50. The van der Waals surface area contributed by atoms with Crippen LogP contribution in [0.3, 0.4) is 0 Å². The normalized spacial score (nSPS) is 15.5. The minimum absolute atomic E-state index is 0.111. The van der Waals surface area contributed by atoms with Gasteiger partial charge < -0.3 is 10.6 Å². The summed E-state index contributed by atoms with van der Waals surface area (Å²) in [4.78, 5) is 12.7. The molecule has 2 N–H and O–H groups in total. The van der Waals surface area contributed by atoms with Crippen LogP contribution < -0.4 is 5.73 Å². The van der Waals surface area contributed by atoms with Crippen molar-refractivity contribution in [3.63, 3.8) is 0 Å². The third kappa shape index (κ3) is 3.08. The summed E-state index contributed by atoms with van der Waals surface area (Å²) in [5.74, 6) is -0.650. The predicted molar refractivity (Wildman–Crippen MR) is 56.6 cm³/mol. The number of carbonyl (C=O) groups is 1. The first kappa shape index (κ1) is 12.6. The van der Waals surface area contributed by atoms with Crippen LogP contribution in [0, 0.1) is 0 Å². The van der Waals surface area contributed by atoms with Gasteiger partial charge in [-0.3, -0.25) is 4.79 Å². The highest BCUT2D eigenvalue weighted by Gasteiger charge is 2.41. The van der Waals surface area contributed by atoms with E-state index in [9.17, 15) is 18.0 Å². The van der Waals surface area contributed by atoms with Gasteiger partial charge in [0, 0.05) is 6.04 Å². The summed E-state index contributed by atoms with van der Waals surface area (Å²) in [6, 6.07) is 2.26. The summed E-state index contributed by atoms with van der Waals surface area (Å²) in [6.45, 7) is -1.26. The molecule has 1 aliphatic carbocycles. The van der Waals surface area contributed by atoms with Crippen molar-refractivity contribution in [1.82, 2.24) is 15.1 Å². The number of rotatable bonds is 3. The number of carbonyl (C=O) groups excluding carboxylic acids is 1. The zero-order chi connectivity index (χ0) is 13.3. The Morgan fingerprint density at radius 1 is 1.39 bits per heavy atom. The van der Waals surface area contributed by atoms with E-state index in [0.29, 0.717) is 12.8 Å². The fraction of sp³-hybridized carbons (Fsp3) is 0.500. The molecule has 0 spiro atoms. The lowest BCUT2D eigenvalue weighted by atomic mass is 10.3. The van der Waals surface area contributed by atoms with Gasteiger partial charge in [-0.15, -0.1) is 10.2 Å². The molecule has 1 amide bonds. The van der Waals surface area contributed by atoms with Crippen molar-refractivity contribution < 1.29 is 18.0 Å². The van der Waals surface area contributed by atoms with Gasteiger partial charge in [0.2, 0.25) is 0 Å². The molecule has 1 aromatic rings. The molecule has 1 fully saturated rings. The van der Waals surface area contributed by atoms with Crippen molar-refractivity contribution in [2.45, 2.75) is 25.1 Å². The Morgan fingerprint density at radius 3 is 2.50 bits per heavy atom. The van der Waals surface area contributed by atoms with Crippen molar-refractivity contribution in [2.24, 2.45) is 0 Å². The van der Waals surface area contributed by atoms with Crippen LogP contribution in [0.1, 0.15) is 23.3 Å². The Bertz CT molecular complexity index is 441. The lowest BCUT2D eigenvalue weighted by Gasteiger charge is -2.23. The Kier molecular flexibility index (Phi) is 3.10. The second-order valence-electron chi connectivity index (χ2n) is 4.12. The molecule has 2 rings (SSSR count). The molecule has 0 radical (unpaired) electrons. The number of aromatic nitrogens is 2. The number of halogens is 3. The van der Waals surface area contributed by atoms with Crippen LogP contribution in [0.2, 0.25) is 0 Å². The van der Waals surface area contributed by atoms with E-state index in [2.05, 4.69) is 10.2 Å². The van der Waals surface area contributed by atoms with Gasteiger partial charge in [0.15, 0.2) is 5.69 Å². The van der Waals surface area contributed by atoms with E-state index in [1.54, 1.807) is 0 Å². The molecule has 0 bridgehead atoms. The molecule has 1 aliphatic rings. The smallest absolute Gasteiger partial charge is 0.382 e. The molecule has 1 aromatic heterocycles. The molecule has 1 heterocycles. The van der Waals surface area contributed by atoms with E-state index in [-0.39, 0.29) is 17.6 Å². The molecule has 0 aromatic carbocycles. The number of nitrogens with two attached hydrogens (primary N) is 1. The van der Waals surface area contributed by atoms with Gasteiger partial charge in [0.25, 0.3) is 5.91 Å². The molecule has 0 saturated heterocycles. The van der Waals surface area contributed by atoms with Gasteiger partial charge in [0.05, 0.1) is 0 Å². The molecular weight excluding hydrogens is 249 g/mol. The molecule has 98 valence electrons. The SMILES string of the molecule is Nc1ccc(C(=O)N(CC(F)(F)F)C2CC2)nn1. The van der Waals surface area contributed by atoms with Gasteiger partial charge in [-0.1, -0.05) is 0 Å². The van der Waals surface area contributed by atoms with Gasteiger partial charge in [0.1, 0.15) is 12.4 Å². The van der Waals surface area contributed by atoms with E-state index in [1.165, 1.54) is 12.1 Å². The monoisotopic (exact) mass is 260 g/mol. The Labute approximate surface area is 101 Å². The van der Waals surface area contributed by atoms with Crippen LogP contribution in [-0.4, -0.2) is 39.8 Å². The number of amides is 1. The summed E-state index contributed by atoms with van der Waals surface area (Å²) >= 11 is 0. The maximum absolute atomic E-state index is 12.4. The van der Waals surface area contributed by atoms with Crippen molar-refractivity contribution in [3.8, 4) is 0 Å². The van der Waals surface area contributed by atoms with Crippen molar-refractivity contribution >= 4 is 11.7 Å². The molecule has 1 saturated carbocycles. The van der Waals surface area contributed by atoms with E-state index < -0.39 is 18.6 Å².